The van der Waals surface area contributed by atoms with Gasteiger partial charge in [0.2, 0.25) is 5.91 Å². The Labute approximate surface area is 93.3 Å². The number of carboxylic acids is 1. The smallest absolute Gasteiger partial charge is 0.397 e. The third kappa shape index (κ3) is 4.09. The lowest BCUT2D eigenvalue weighted by Crippen LogP contribution is -2.22. The molecule has 1 rings (SSSR count). The summed E-state index contributed by atoms with van der Waals surface area (Å²) in [6.07, 6.45) is -5.17. The van der Waals surface area contributed by atoms with Crippen molar-refractivity contribution < 1.29 is 27.9 Å². The second-order valence-electron chi connectivity index (χ2n) is 3.04. The van der Waals surface area contributed by atoms with Gasteiger partial charge in [-0.25, -0.2) is 9.78 Å². The predicted octanol–water partition coefficient (Wildman–Crippen LogP) is 1.67. The first-order valence-electron chi connectivity index (χ1n) is 4.34. The van der Waals surface area contributed by atoms with Gasteiger partial charge in [-0.15, -0.1) is 0 Å². The lowest BCUT2D eigenvalue weighted by atomic mass is 10.3. The zero-order valence-electron chi connectivity index (χ0n) is 8.28. The van der Waals surface area contributed by atoms with E-state index < -0.39 is 30.2 Å². The number of carbonyl (C=O) groups excluding carboxylic acids is 1. The monoisotopic (exact) mass is 248 g/mol. The fourth-order valence-corrected chi connectivity index (χ4v) is 1.05. The summed E-state index contributed by atoms with van der Waals surface area (Å²) in [6, 6.07) is 2.46. The van der Waals surface area contributed by atoms with Crippen LogP contribution in [0, 0.1) is 0 Å². The van der Waals surface area contributed by atoms with Crippen LogP contribution in [-0.4, -0.2) is 28.1 Å². The molecule has 0 aliphatic heterocycles. The number of hydrogen-bond donors (Lipinski definition) is 2. The number of halogens is 3. The number of aromatic nitrogens is 1. The molecule has 0 aliphatic rings. The van der Waals surface area contributed by atoms with Crippen LogP contribution < -0.4 is 5.32 Å². The van der Waals surface area contributed by atoms with Gasteiger partial charge in [0.1, 0.15) is 6.42 Å². The molecule has 2 N–H and O–H groups in total. The molecule has 8 heteroatoms. The second-order valence-corrected chi connectivity index (χ2v) is 3.04. The molecule has 5 nitrogen and oxygen atoms in total. The molecule has 0 fully saturated rings. The molecule has 1 heterocycles. The van der Waals surface area contributed by atoms with Crippen molar-refractivity contribution in [3.05, 3.63) is 24.0 Å². The maximum absolute atomic E-state index is 11.9. The molecule has 0 aliphatic carbocycles. The van der Waals surface area contributed by atoms with Gasteiger partial charge in [-0.3, -0.25) is 4.79 Å². The first-order valence-corrected chi connectivity index (χ1v) is 4.34. The van der Waals surface area contributed by atoms with Crippen LogP contribution in [-0.2, 0) is 4.79 Å². The minimum atomic E-state index is -4.64. The summed E-state index contributed by atoms with van der Waals surface area (Å²) in [5.41, 5.74) is -0.780. The van der Waals surface area contributed by atoms with Crippen LogP contribution in [0.1, 0.15) is 16.9 Å². The number of alkyl halides is 3. The van der Waals surface area contributed by atoms with E-state index in [0.717, 1.165) is 12.3 Å². The lowest BCUT2D eigenvalue weighted by molar-refractivity contribution is -0.150. The van der Waals surface area contributed by atoms with Crippen molar-refractivity contribution in [2.75, 3.05) is 5.32 Å². The number of nitrogens with one attached hydrogen (secondary N) is 1. The van der Waals surface area contributed by atoms with Crippen molar-refractivity contribution in [1.29, 1.82) is 0 Å². The minimum Gasteiger partial charge on any atom is -0.476 e. The highest BCUT2D eigenvalue weighted by Gasteiger charge is 2.31. The van der Waals surface area contributed by atoms with Crippen LogP contribution in [0.4, 0.5) is 18.9 Å². The minimum absolute atomic E-state index is 0.269. The first-order chi connectivity index (χ1) is 7.79. The molecule has 92 valence electrons. The molecule has 0 radical (unpaired) electrons. The highest BCUT2D eigenvalue weighted by Crippen LogP contribution is 2.21. The molecular formula is C9H7F3N2O3. The van der Waals surface area contributed by atoms with E-state index in [1.54, 1.807) is 0 Å². The molecule has 1 aromatic heterocycles. The topological polar surface area (TPSA) is 79.3 Å². The van der Waals surface area contributed by atoms with Crippen LogP contribution in [0.25, 0.3) is 0 Å². The van der Waals surface area contributed by atoms with Gasteiger partial charge in [0.05, 0.1) is 5.69 Å². The Morgan fingerprint density at radius 3 is 2.59 bits per heavy atom. The van der Waals surface area contributed by atoms with Crippen molar-refractivity contribution in [1.82, 2.24) is 4.98 Å². The fraction of sp³-hybridized carbons (Fsp3) is 0.222. The van der Waals surface area contributed by atoms with Crippen LogP contribution >= 0.6 is 0 Å². The Kier molecular flexibility index (Phi) is 3.66. The summed E-state index contributed by atoms with van der Waals surface area (Å²) in [5, 5.41) is 10.5. The van der Waals surface area contributed by atoms with Gasteiger partial charge >= 0.3 is 12.1 Å². The standard InChI is InChI=1S/C9H7F3N2O3/c10-9(11,12)4-6(15)14-5-2-1-3-13-7(5)8(16)17/h1-3H,4H2,(H,14,15)(H,16,17). The van der Waals surface area contributed by atoms with E-state index in [4.69, 9.17) is 5.11 Å². The number of carbonyl (C=O) groups is 2. The van der Waals surface area contributed by atoms with Crippen LogP contribution in [0.5, 0.6) is 0 Å². The number of pyridine rings is 1. The van der Waals surface area contributed by atoms with Crippen molar-refractivity contribution >= 4 is 17.6 Å². The number of carboxylic acid groups (broad SMARTS) is 1. The van der Waals surface area contributed by atoms with E-state index in [1.807, 2.05) is 5.32 Å². The number of hydrogen-bond acceptors (Lipinski definition) is 3. The van der Waals surface area contributed by atoms with Crippen LogP contribution in [0.15, 0.2) is 18.3 Å². The molecular weight excluding hydrogens is 241 g/mol. The van der Waals surface area contributed by atoms with Crippen LogP contribution in [0.3, 0.4) is 0 Å². The Morgan fingerprint density at radius 2 is 2.06 bits per heavy atom. The van der Waals surface area contributed by atoms with Gasteiger partial charge in [0, 0.05) is 6.20 Å². The van der Waals surface area contributed by atoms with Crippen molar-refractivity contribution in [3.63, 3.8) is 0 Å². The number of aromatic carboxylic acids is 1. The van der Waals surface area contributed by atoms with Gasteiger partial charge in [-0.1, -0.05) is 0 Å². The summed E-state index contributed by atoms with van der Waals surface area (Å²) in [4.78, 5) is 25.0. The Bertz CT molecular complexity index is 445. The van der Waals surface area contributed by atoms with E-state index in [9.17, 15) is 22.8 Å². The summed E-state index contributed by atoms with van der Waals surface area (Å²) in [6.45, 7) is 0. The fourth-order valence-electron chi connectivity index (χ4n) is 1.05. The van der Waals surface area contributed by atoms with Gasteiger partial charge in [0.25, 0.3) is 0 Å². The zero-order valence-corrected chi connectivity index (χ0v) is 8.28. The predicted molar refractivity (Wildman–Crippen MR) is 50.5 cm³/mol. The van der Waals surface area contributed by atoms with E-state index >= 15 is 0 Å². The Morgan fingerprint density at radius 1 is 1.41 bits per heavy atom. The van der Waals surface area contributed by atoms with Crippen molar-refractivity contribution in [3.8, 4) is 0 Å². The maximum Gasteiger partial charge on any atom is 0.397 e. The van der Waals surface area contributed by atoms with Crippen LogP contribution in [0.2, 0.25) is 0 Å². The summed E-state index contributed by atoms with van der Waals surface area (Å²) >= 11 is 0. The molecule has 1 amide bonds. The third-order valence-electron chi connectivity index (χ3n) is 1.65. The third-order valence-corrected chi connectivity index (χ3v) is 1.65. The summed E-state index contributed by atoms with van der Waals surface area (Å²) < 4.78 is 35.6. The molecule has 0 aromatic carbocycles. The normalized spacial score (nSPS) is 11.0. The van der Waals surface area contributed by atoms with Gasteiger partial charge in [-0.2, -0.15) is 13.2 Å². The lowest BCUT2D eigenvalue weighted by Gasteiger charge is -2.08. The summed E-state index contributed by atoms with van der Waals surface area (Å²) in [7, 11) is 0. The quantitative estimate of drug-likeness (QED) is 0.852. The number of anilines is 1. The molecule has 0 unspecified atom stereocenters. The highest BCUT2D eigenvalue weighted by atomic mass is 19.4. The Balaban J connectivity index is 2.82. The molecule has 0 bridgehead atoms. The SMILES string of the molecule is O=C(CC(F)(F)F)Nc1cccnc1C(=O)O. The van der Waals surface area contributed by atoms with E-state index in [-0.39, 0.29) is 5.69 Å². The zero-order chi connectivity index (χ0) is 13.1. The molecule has 17 heavy (non-hydrogen) atoms. The van der Waals surface area contributed by atoms with Gasteiger partial charge in [-0.05, 0) is 12.1 Å². The van der Waals surface area contributed by atoms with Crippen molar-refractivity contribution in [2.24, 2.45) is 0 Å². The molecule has 0 saturated carbocycles. The number of rotatable bonds is 3. The molecule has 0 spiro atoms. The van der Waals surface area contributed by atoms with E-state index in [2.05, 4.69) is 4.98 Å². The highest BCUT2D eigenvalue weighted by molar-refractivity contribution is 5.99. The van der Waals surface area contributed by atoms with Gasteiger partial charge in [0.15, 0.2) is 5.69 Å². The van der Waals surface area contributed by atoms with E-state index in [0.29, 0.717) is 0 Å². The summed E-state index contributed by atoms with van der Waals surface area (Å²) in [5.74, 6) is -2.78. The van der Waals surface area contributed by atoms with Gasteiger partial charge < -0.3 is 10.4 Å². The molecule has 0 atom stereocenters. The second kappa shape index (κ2) is 4.81. The largest absolute Gasteiger partial charge is 0.476 e. The Hall–Kier alpha value is -2.12. The maximum atomic E-state index is 11.9. The molecule has 0 saturated heterocycles. The average molecular weight is 248 g/mol. The molecule has 1 aromatic rings. The van der Waals surface area contributed by atoms with Crippen molar-refractivity contribution in [2.45, 2.75) is 12.6 Å². The average Bonchev–Trinajstić information content (AvgIpc) is 2.14. The first kappa shape index (κ1) is 12.9. The van der Waals surface area contributed by atoms with E-state index in [1.165, 1.54) is 6.07 Å². The number of amides is 1. The number of nitrogens with zero attached hydrogens (tertiary/aromatic N) is 1.